The lowest BCUT2D eigenvalue weighted by Gasteiger charge is -2.00. The first-order valence-corrected chi connectivity index (χ1v) is 8.81. The van der Waals surface area contributed by atoms with Gasteiger partial charge in [0.2, 0.25) is 0 Å². The lowest BCUT2D eigenvalue weighted by atomic mass is 10.0. The lowest BCUT2D eigenvalue weighted by Crippen LogP contribution is -1.94. The Morgan fingerprint density at radius 2 is 1.45 bits per heavy atom. The number of rotatable bonds is 14. The summed E-state index contributed by atoms with van der Waals surface area (Å²) in [5.74, 6) is 0. The quantitative estimate of drug-likeness (QED) is 0.209. The van der Waals surface area contributed by atoms with Gasteiger partial charge in [-0.3, -0.25) is 0 Å². The molecule has 1 rings (SSSR count). The van der Waals surface area contributed by atoms with Crippen molar-refractivity contribution in [3.05, 3.63) is 24.8 Å². The monoisotopic (exact) mass is 278 g/mol. The van der Waals surface area contributed by atoms with Gasteiger partial charge < -0.3 is 4.74 Å². The molecular weight excluding hydrogens is 244 g/mol. The maximum Gasteiger partial charge on any atom is 0.0841 e. The van der Waals surface area contributed by atoms with E-state index in [9.17, 15) is 0 Å². The van der Waals surface area contributed by atoms with Gasteiger partial charge in [0.15, 0.2) is 0 Å². The Morgan fingerprint density at radius 1 is 0.850 bits per heavy atom. The third kappa shape index (κ3) is 9.36. The zero-order chi connectivity index (χ0) is 14.5. The van der Waals surface area contributed by atoms with Gasteiger partial charge in [0.25, 0.3) is 0 Å². The first-order valence-electron chi connectivity index (χ1n) is 8.81. The Hall–Kier alpha value is -0.560. The van der Waals surface area contributed by atoms with Crippen LogP contribution in [0.3, 0.4) is 0 Å². The highest BCUT2D eigenvalue weighted by molar-refractivity contribution is 4.96. The Morgan fingerprint density at radius 3 is 2.10 bits per heavy atom. The fraction of sp³-hybridized carbons (Fsp3) is 0.789. The minimum atomic E-state index is 0.596. The number of hydrogen-bond acceptors (Lipinski definition) is 1. The molecule has 0 N–H and O–H groups in total. The normalized spacial score (nSPS) is 21.4. The predicted molar refractivity (Wildman–Crippen MR) is 89.1 cm³/mol. The van der Waals surface area contributed by atoms with E-state index in [0.29, 0.717) is 12.2 Å². The van der Waals surface area contributed by atoms with Crippen LogP contribution in [0.4, 0.5) is 0 Å². The van der Waals surface area contributed by atoms with Gasteiger partial charge in [0.1, 0.15) is 0 Å². The molecule has 1 heteroatoms. The van der Waals surface area contributed by atoms with Gasteiger partial charge in [-0.25, -0.2) is 0 Å². The molecule has 0 spiro atoms. The molecule has 0 aromatic carbocycles. The first-order chi connectivity index (χ1) is 9.88. The number of unbranched alkanes of at least 4 members (excludes halogenated alkanes) is 8. The van der Waals surface area contributed by atoms with Crippen LogP contribution in [0.1, 0.15) is 84.0 Å². The molecule has 0 aromatic rings. The van der Waals surface area contributed by atoms with Crippen LogP contribution in [0.15, 0.2) is 24.8 Å². The summed E-state index contributed by atoms with van der Waals surface area (Å²) in [6.45, 7) is 5.95. The second-order valence-electron chi connectivity index (χ2n) is 6.07. The molecule has 0 amide bonds. The van der Waals surface area contributed by atoms with Crippen molar-refractivity contribution in [1.82, 2.24) is 0 Å². The van der Waals surface area contributed by atoms with Crippen molar-refractivity contribution in [3.8, 4) is 0 Å². The number of hydrogen-bond donors (Lipinski definition) is 0. The van der Waals surface area contributed by atoms with Crippen LogP contribution in [-0.2, 0) is 4.74 Å². The second-order valence-corrected chi connectivity index (χ2v) is 6.07. The molecule has 1 aliphatic rings. The molecule has 0 bridgehead atoms. The topological polar surface area (TPSA) is 12.5 Å². The van der Waals surface area contributed by atoms with Crippen molar-refractivity contribution in [2.24, 2.45) is 0 Å². The Labute approximate surface area is 126 Å². The maximum atomic E-state index is 5.76. The van der Waals surface area contributed by atoms with Crippen molar-refractivity contribution in [1.29, 1.82) is 0 Å². The van der Waals surface area contributed by atoms with Crippen LogP contribution >= 0.6 is 0 Å². The van der Waals surface area contributed by atoms with Crippen LogP contribution in [0.2, 0.25) is 0 Å². The molecule has 1 nitrogen and oxygen atoms in total. The van der Waals surface area contributed by atoms with E-state index in [0.717, 1.165) is 0 Å². The standard InChI is InChI=1S/C19H34O/c1-3-5-7-9-11-13-15-17-19-18(20-19)16-14-12-10-8-6-4-2/h4,6,8,18-19H,2-3,5,7,9-17H2,1H3/b8-6+/t18-,19+/m1/s1. The van der Waals surface area contributed by atoms with E-state index in [1.807, 2.05) is 12.2 Å². The molecule has 20 heavy (non-hydrogen) atoms. The summed E-state index contributed by atoms with van der Waals surface area (Å²) in [6, 6.07) is 0. The second kappa shape index (κ2) is 12.2. The van der Waals surface area contributed by atoms with E-state index in [-0.39, 0.29) is 0 Å². The molecular formula is C19H34O. The number of ether oxygens (including phenoxy) is 1. The highest BCUT2D eigenvalue weighted by atomic mass is 16.6. The average molecular weight is 278 g/mol. The maximum absolute atomic E-state index is 5.76. The van der Waals surface area contributed by atoms with Gasteiger partial charge in [-0.1, -0.05) is 83.1 Å². The van der Waals surface area contributed by atoms with Gasteiger partial charge in [0, 0.05) is 0 Å². The summed E-state index contributed by atoms with van der Waals surface area (Å²) in [5, 5.41) is 0. The molecule has 0 aliphatic carbocycles. The van der Waals surface area contributed by atoms with Crippen molar-refractivity contribution in [3.63, 3.8) is 0 Å². The lowest BCUT2D eigenvalue weighted by molar-refractivity contribution is 0.348. The summed E-state index contributed by atoms with van der Waals surface area (Å²) in [6.07, 6.45) is 23.5. The van der Waals surface area contributed by atoms with E-state index in [1.165, 1.54) is 77.0 Å². The molecule has 0 saturated carbocycles. The van der Waals surface area contributed by atoms with Crippen LogP contribution in [0, 0.1) is 0 Å². The van der Waals surface area contributed by atoms with E-state index in [2.05, 4.69) is 19.6 Å². The largest absolute Gasteiger partial charge is 0.370 e. The number of epoxide rings is 1. The Bertz CT molecular complexity index is 256. The summed E-state index contributed by atoms with van der Waals surface area (Å²) < 4.78 is 5.76. The van der Waals surface area contributed by atoms with Gasteiger partial charge in [-0.05, 0) is 25.7 Å². The van der Waals surface area contributed by atoms with Gasteiger partial charge in [-0.2, -0.15) is 0 Å². The van der Waals surface area contributed by atoms with Gasteiger partial charge in [-0.15, -0.1) is 0 Å². The van der Waals surface area contributed by atoms with Crippen molar-refractivity contribution >= 4 is 0 Å². The molecule has 1 saturated heterocycles. The molecule has 0 aromatic heterocycles. The van der Waals surface area contributed by atoms with E-state index in [4.69, 9.17) is 4.74 Å². The third-order valence-electron chi connectivity index (χ3n) is 4.16. The average Bonchev–Trinajstić information content (AvgIpc) is 3.20. The van der Waals surface area contributed by atoms with Crippen molar-refractivity contribution in [2.45, 2.75) is 96.2 Å². The van der Waals surface area contributed by atoms with Gasteiger partial charge in [0.05, 0.1) is 12.2 Å². The Kier molecular flexibility index (Phi) is 10.7. The highest BCUT2D eigenvalue weighted by Crippen LogP contribution is 2.31. The minimum absolute atomic E-state index is 0.596. The van der Waals surface area contributed by atoms with E-state index >= 15 is 0 Å². The van der Waals surface area contributed by atoms with Crippen LogP contribution in [-0.4, -0.2) is 12.2 Å². The van der Waals surface area contributed by atoms with Crippen LogP contribution in [0.25, 0.3) is 0 Å². The van der Waals surface area contributed by atoms with Crippen molar-refractivity contribution in [2.75, 3.05) is 0 Å². The molecule has 116 valence electrons. The molecule has 2 atom stereocenters. The zero-order valence-electron chi connectivity index (χ0n) is 13.5. The predicted octanol–water partition coefficient (Wildman–Crippen LogP) is 6.20. The molecule has 0 radical (unpaired) electrons. The zero-order valence-corrected chi connectivity index (χ0v) is 13.5. The van der Waals surface area contributed by atoms with Crippen molar-refractivity contribution < 1.29 is 4.74 Å². The third-order valence-corrected chi connectivity index (χ3v) is 4.16. The molecule has 1 aliphatic heterocycles. The van der Waals surface area contributed by atoms with E-state index in [1.54, 1.807) is 0 Å². The number of allylic oxidation sites excluding steroid dienone is 3. The van der Waals surface area contributed by atoms with Gasteiger partial charge >= 0.3 is 0 Å². The summed E-state index contributed by atoms with van der Waals surface area (Å²) in [7, 11) is 0. The fourth-order valence-electron chi connectivity index (χ4n) is 2.79. The van der Waals surface area contributed by atoms with E-state index < -0.39 is 0 Å². The molecule has 0 unspecified atom stereocenters. The summed E-state index contributed by atoms with van der Waals surface area (Å²) in [5.41, 5.74) is 0. The highest BCUT2D eigenvalue weighted by Gasteiger charge is 2.36. The fourth-order valence-corrected chi connectivity index (χ4v) is 2.79. The van der Waals surface area contributed by atoms with Crippen LogP contribution < -0.4 is 0 Å². The first kappa shape index (κ1) is 17.5. The summed E-state index contributed by atoms with van der Waals surface area (Å²) in [4.78, 5) is 0. The smallest absolute Gasteiger partial charge is 0.0841 e. The summed E-state index contributed by atoms with van der Waals surface area (Å²) >= 11 is 0. The SMILES string of the molecule is C=C/C=C/CCCC[C@H]1O[C@H]1CCCCCCCCC. The Balaban J connectivity index is 1.79. The molecule has 1 fully saturated rings. The van der Waals surface area contributed by atoms with Crippen LogP contribution in [0.5, 0.6) is 0 Å². The molecule has 1 heterocycles. The minimum Gasteiger partial charge on any atom is -0.370 e.